The Morgan fingerprint density at radius 2 is 2.24 bits per heavy atom. The van der Waals surface area contributed by atoms with Gasteiger partial charge in [0.25, 0.3) is 5.56 Å². The van der Waals surface area contributed by atoms with Gasteiger partial charge in [0.2, 0.25) is 0 Å². The molecule has 0 amide bonds. The van der Waals surface area contributed by atoms with Crippen LogP contribution in [-0.2, 0) is 11.3 Å². The summed E-state index contributed by atoms with van der Waals surface area (Å²) in [6.07, 6.45) is 4.42. The zero-order valence-electron chi connectivity index (χ0n) is 17.3. The van der Waals surface area contributed by atoms with Crippen molar-refractivity contribution >= 4 is 28.2 Å². The van der Waals surface area contributed by atoms with Gasteiger partial charge in [-0.05, 0) is 62.7 Å². The predicted octanol–water partition coefficient (Wildman–Crippen LogP) is 3.58. The quantitative estimate of drug-likeness (QED) is 0.480. The molecule has 1 aliphatic rings. The van der Waals surface area contributed by atoms with Crippen molar-refractivity contribution in [2.24, 2.45) is 0 Å². The maximum absolute atomic E-state index is 12.7. The van der Waals surface area contributed by atoms with Gasteiger partial charge in [0, 0.05) is 36.2 Å². The third kappa shape index (κ3) is 5.93. The lowest BCUT2D eigenvalue weighted by Crippen LogP contribution is -2.44. The Balaban J connectivity index is 1.82. The Kier molecular flexibility index (Phi) is 7.89. The largest absolute Gasteiger partial charge is 0.494 e. The second-order valence-electron chi connectivity index (χ2n) is 7.41. The van der Waals surface area contributed by atoms with Crippen LogP contribution in [0.5, 0.6) is 5.75 Å². The standard InChI is InChI=1S/C22H31N3O3S/c1-3-5-10-23-22(29)25(15-19-7-6-11-28-19)14-17-12-16-13-18(27-4-2)8-9-20(16)24-21(17)26/h8-9,12-13,19H,3-7,10-11,14-15H2,1-2H3,(H,23,29)(H,24,26)/t19-/m0/s1. The van der Waals surface area contributed by atoms with E-state index in [1.54, 1.807) is 0 Å². The van der Waals surface area contributed by atoms with Crippen LogP contribution in [0.15, 0.2) is 29.1 Å². The van der Waals surface area contributed by atoms with Gasteiger partial charge in [-0.25, -0.2) is 0 Å². The monoisotopic (exact) mass is 417 g/mol. The SMILES string of the molecule is CCCCNC(=S)N(Cc1cc2cc(OCC)ccc2[nH]c1=O)C[C@@H]1CCCO1. The second-order valence-corrected chi connectivity index (χ2v) is 7.79. The lowest BCUT2D eigenvalue weighted by atomic mass is 10.1. The van der Waals surface area contributed by atoms with Crippen LogP contribution in [-0.4, -0.2) is 47.4 Å². The van der Waals surface area contributed by atoms with Crippen molar-refractivity contribution in [2.45, 2.75) is 52.2 Å². The van der Waals surface area contributed by atoms with Gasteiger partial charge in [0.15, 0.2) is 5.11 Å². The molecule has 1 atom stereocenters. The molecule has 29 heavy (non-hydrogen) atoms. The van der Waals surface area contributed by atoms with Crippen LogP contribution in [0.25, 0.3) is 10.9 Å². The van der Waals surface area contributed by atoms with Crippen molar-refractivity contribution < 1.29 is 9.47 Å². The van der Waals surface area contributed by atoms with Gasteiger partial charge in [-0.2, -0.15) is 0 Å². The molecule has 0 spiro atoms. The minimum atomic E-state index is -0.0876. The summed E-state index contributed by atoms with van der Waals surface area (Å²) in [7, 11) is 0. The van der Waals surface area contributed by atoms with E-state index in [1.165, 1.54) is 0 Å². The first kappa shape index (κ1) is 21.6. The molecule has 1 saturated heterocycles. The lowest BCUT2D eigenvalue weighted by Gasteiger charge is -2.28. The van der Waals surface area contributed by atoms with Gasteiger partial charge in [-0.3, -0.25) is 4.79 Å². The maximum atomic E-state index is 12.7. The van der Waals surface area contributed by atoms with E-state index in [0.29, 0.717) is 30.4 Å². The van der Waals surface area contributed by atoms with E-state index in [4.69, 9.17) is 21.7 Å². The van der Waals surface area contributed by atoms with Crippen molar-refractivity contribution in [1.82, 2.24) is 15.2 Å². The highest BCUT2D eigenvalue weighted by atomic mass is 32.1. The van der Waals surface area contributed by atoms with Gasteiger partial charge in [-0.1, -0.05) is 13.3 Å². The Hall–Kier alpha value is -2.12. The van der Waals surface area contributed by atoms with Crippen molar-refractivity contribution in [2.75, 3.05) is 26.3 Å². The normalized spacial score (nSPS) is 16.1. The number of fused-ring (bicyclic) bond motifs is 1. The summed E-state index contributed by atoms with van der Waals surface area (Å²) in [4.78, 5) is 17.7. The molecule has 1 aromatic heterocycles. The fourth-order valence-corrected chi connectivity index (χ4v) is 3.79. The number of pyridine rings is 1. The molecule has 158 valence electrons. The topological polar surface area (TPSA) is 66.6 Å². The van der Waals surface area contributed by atoms with Gasteiger partial charge in [-0.15, -0.1) is 0 Å². The van der Waals surface area contributed by atoms with Crippen molar-refractivity contribution in [3.63, 3.8) is 0 Å². The second kappa shape index (κ2) is 10.6. The fourth-order valence-electron chi connectivity index (χ4n) is 3.55. The van der Waals surface area contributed by atoms with E-state index < -0.39 is 0 Å². The number of unbranched alkanes of at least 4 members (excludes halogenated alkanes) is 1. The number of ether oxygens (including phenoxy) is 2. The molecule has 0 saturated carbocycles. The molecule has 6 nitrogen and oxygen atoms in total. The van der Waals surface area contributed by atoms with E-state index in [0.717, 1.165) is 55.5 Å². The number of H-pyrrole nitrogens is 1. The number of thiocarbonyl (C=S) groups is 1. The molecule has 2 N–H and O–H groups in total. The molecule has 1 aromatic carbocycles. The first-order chi connectivity index (χ1) is 14.1. The Labute approximate surface area is 177 Å². The van der Waals surface area contributed by atoms with Crippen LogP contribution >= 0.6 is 12.2 Å². The maximum Gasteiger partial charge on any atom is 0.253 e. The summed E-state index contributed by atoms with van der Waals surface area (Å²) in [5, 5.41) is 4.96. The van der Waals surface area contributed by atoms with Crippen LogP contribution in [0.2, 0.25) is 0 Å². The van der Waals surface area contributed by atoms with Crippen LogP contribution < -0.4 is 15.6 Å². The molecular formula is C22H31N3O3S. The smallest absolute Gasteiger partial charge is 0.253 e. The molecule has 2 heterocycles. The Bertz CT molecular complexity index is 877. The molecule has 1 aliphatic heterocycles. The summed E-state index contributed by atoms with van der Waals surface area (Å²) < 4.78 is 11.4. The van der Waals surface area contributed by atoms with Gasteiger partial charge < -0.3 is 24.7 Å². The van der Waals surface area contributed by atoms with Gasteiger partial charge in [0.05, 0.1) is 19.3 Å². The predicted molar refractivity (Wildman–Crippen MR) is 121 cm³/mol. The van der Waals surface area contributed by atoms with E-state index >= 15 is 0 Å². The average molecular weight is 418 g/mol. The van der Waals surface area contributed by atoms with Gasteiger partial charge >= 0.3 is 0 Å². The first-order valence-corrected chi connectivity index (χ1v) is 10.9. The number of benzene rings is 1. The highest BCUT2D eigenvalue weighted by Crippen LogP contribution is 2.20. The molecule has 2 aromatic rings. The van der Waals surface area contributed by atoms with Gasteiger partial charge in [0.1, 0.15) is 5.75 Å². The van der Waals surface area contributed by atoms with Crippen molar-refractivity contribution in [1.29, 1.82) is 0 Å². The van der Waals surface area contributed by atoms with E-state index in [-0.39, 0.29) is 11.7 Å². The summed E-state index contributed by atoms with van der Waals surface area (Å²) in [5.41, 5.74) is 1.40. The average Bonchev–Trinajstić information content (AvgIpc) is 3.22. The molecule has 0 radical (unpaired) electrons. The summed E-state index contributed by atoms with van der Waals surface area (Å²) in [5.74, 6) is 0.797. The summed E-state index contributed by atoms with van der Waals surface area (Å²) in [6, 6.07) is 7.65. The van der Waals surface area contributed by atoms with Crippen LogP contribution in [0.4, 0.5) is 0 Å². The Morgan fingerprint density at radius 3 is 2.97 bits per heavy atom. The molecule has 0 bridgehead atoms. The highest BCUT2D eigenvalue weighted by molar-refractivity contribution is 7.80. The first-order valence-electron chi connectivity index (χ1n) is 10.5. The van der Waals surface area contributed by atoms with Crippen LogP contribution in [0.1, 0.15) is 45.1 Å². The fraction of sp³-hybridized carbons (Fsp3) is 0.545. The van der Waals surface area contributed by atoms with E-state index in [2.05, 4.69) is 22.1 Å². The van der Waals surface area contributed by atoms with Crippen molar-refractivity contribution in [3.8, 4) is 5.75 Å². The number of hydrogen-bond donors (Lipinski definition) is 2. The number of aromatic nitrogens is 1. The lowest BCUT2D eigenvalue weighted by molar-refractivity contribution is 0.0897. The third-order valence-electron chi connectivity index (χ3n) is 5.11. The van der Waals surface area contributed by atoms with Crippen LogP contribution in [0.3, 0.4) is 0 Å². The summed E-state index contributed by atoms with van der Waals surface area (Å²) in [6.45, 7) is 7.48. The molecule has 7 heteroatoms. The zero-order chi connectivity index (χ0) is 20.6. The van der Waals surface area contributed by atoms with Crippen LogP contribution in [0, 0.1) is 0 Å². The molecule has 0 unspecified atom stereocenters. The number of rotatable bonds is 9. The third-order valence-corrected chi connectivity index (χ3v) is 5.51. The number of hydrogen-bond acceptors (Lipinski definition) is 4. The minimum Gasteiger partial charge on any atom is -0.494 e. The molecule has 0 aliphatic carbocycles. The highest BCUT2D eigenvalue weighted by Gasteiger charge is 2.22. The Morgan fingerprint density at radius 1 is 1.38 bits per heavy atom. The van der Waals surface area contributed by atoms with Crippen molar-refractivity contribution in [3.05, 3.63) is 40.2 Å². The number of aromatic amines is 1. The number of nitrogens with zero attached hydrogens (tertiary/aromatic N) is 1. The zero-order valence-corrected chi connectivity index (χ0v) is 18.1. The molecule has 1 fully saturated rings. The number of nitrogens with one attached hydrogen (secondary N) is 2. The molecular weight excluding hydrogens is 386 g/mol. The summed E-state index contributed by atoms with van der Waals surface area (Å²) >= 11 is 5.64. The van der Waals surface area contributed by atoms with E-state index in [9.17, 15) is 4.79 Å². The van der Waals surface area contributed by atoms with E-state index in [1.807, 2.05) is 31.2 Å². The minimum absolute atomic E-state index is 0.0876. The molecule has 3 rings (SSSR count).